The third-order valence-electron chi connectivity index (χ3n) is 3.14. The molecule has 0 aromatic heterocycles. The average molecular weight is 303 g/mol. The first-order chi connectivity index (χ1) is 9.66. The standard InChI is InChI=1S/C14H16F3NO3/c1-3-11(13(20)21)18(2)12(19)8-9-5-4-6-10(7-9)14(15,16)17/h4-7,11H,3,8H2,1-2H3,(H,20,21). The van der Waals surface area contributed by atoms with Crippen LogP contribution in [0, 0.1) is 0 Å². The van der Waals surface area contributed by atoms with Gasteiger partial charge in [0.15, 0.2) is 0 Å². The molecule has 0 saturated carbocycles. The number of halogens is 3. The molecule has 1 aromatic carbocycles. The van der Waals surface area contributed by atoms with Crippen molar-refractivity contribution in [1.82, 2.24) is 4.90 Å². The van der Waals surface area contributed by atoms with Crippen molar-refractivity contribution in [3.8, 4) is 0 Å². The Morgan fingerprint density at radius 3 is 2.43 bits per heavy atom. The highest BCUT2D eigenvalue weighted by Crippen LogP contribution is 2.29. The minimum absolute atomic E-state index is 0.196. The van der Waals surface area contributed by atoms with Gasteiger partial charge in [0.1, 0.15) is 6.04 Å². The summed E-state index contributed by atoms with van der Waals surface area (Å²) in [5, 5.41) is 8.97. The molecule has 0 bridgehead atoms. The minimum Gasteiger partial charge on any atom is -0.480 e. The molecule has 1 N–H and O–H groups in total. The Hall–Kier alpha value is -2.05. The molecule has 1 aromatic rings. The maximum absolute atomic E-state index is 12.6. The molecule has 0 aliphatic rings. The topological polar surface area (TPSA) is 57.6 Å². The lowest BCUT2D eigenvalue weighted by Crippen LogP contribution is -2.42. The van der Waals surface area contributed by atoms with Crippen molar-refractivity contribution >= 4 is 11.9 Å². The summed E-state index contributed by atoms with van der Waals surface area (Å²) in [6.45, 7) is 1.62. The molecule has 0 fully saturated rings. The van der Waals surface area contributed by atoms with Crippen molar-refractivity contribution in [3.63, 3.8) is 0 Å². The quantitative estimate of drug-likeness (QED) is 0.909. The zero-order valence-corrected chi connectivity index (χ0v) is 11.6. The third-order valence-corrected chi connectivity index (χ3v) is 3.14. The third kappa shape index (κ3) is 4.47. The van der Waals surface area contributed by atoms with Gasteiger partial charge in [0.2, 0.25) is 5.91 Å². The van der Waals surface area contributed by atoms with Crippen molar-refractivity contribution in [2.45, 2.75) is 32.0 Å². The first-order valence-electron chi connectivity index (χ1n) is 6.31. The van der Waals surface area contributed by atoms with Gasteiger partial charge >= 0.3 is 12.1 Å². The Kier molecular flexibility index (Phi) is 5.34. The lowest BCUT2D eigenvalue weighted by Gasteiger charge is -2.23. The maximum Gasteiger partial charge on any atom is 0.416 e. The molecule has 0 radical (unpaired) electrons. The number of hydrogen-bond donors (Lipinski definition) is 1. The van der Waals surface area contributed by atoms with Gasteiger partial charge in [0, 0.05) is 7.05 Å². The van der Waals surface area contributed by atoms with Gasteiger partial charge in [-0.25, -0.2) is 4.79 Å². The molecule has 1 amide bonds. The number of likely N-dealkylation sites (N-methyl/N-ethyl adjacent to an activating group) is 1. The van der Waals surface area contributed by atoms with Crippen LogP contribution in [0.25, 0.3) is 0 Å². The number of carbonyl (C=O) groups is 2. The van der Waals surface area contributed by atoms with E-state index >= 15 is 0 Å². The van der Waals surface area contributed by atoms with E-state index in [1.165, 1.54) is 19.2 Å². The number of rotatable bonds is 5. The molecular formula is C14H16F3NO3. The van der Waals surface area contributed by atoms with Crippen molar-refractivity contribution in [3.05, 3.63) is 35.4 Å². The Bertz CT molecular complexity index is 528. The van der Waals surface area contributed by atoms with Crippen molar-refractivity contribution in [2.75, 3.05) is 7.05 Å². The number of carbonyl (C=O) groups excluding carboxylic acids is 1. The van der Waals surface area contributed by atoms with Crippen molar-refractivity contribution in [1.29, 1.82) is 0 Å². The molecule has 7 heteroatoms. The summed E-state index contributed by atoms with van der Waals surface area (Å²) in [6, 6.07) is 3.46. The number of amides is 1. The summed E-state index contributed by atoms with van der Waals surface area (Å²) in [7, 11) is 1.33. The molecule has 0 saturated heterocycles. The SMILES string of the molecule is CCC(C(=O)O)N(C)C(=O)Cc1cccc(C(F)(F)F)c1. The molecule has 1 unspecified atom stereocenters. The van der Waals surface area contributed by atoms with Crippen LogP contribution in [0.2, 0.25) is 0 Å². The van der Waals surface area contributed by atoms with E-state index in [2.05, 4.69) is 0 Å². The number of aliphatic carboxylic acids is 1. The van der Waals surface area contributed by atoms with Crippen LogP contribution in [0.3, 0.4) is 0 Å². The van der Waals surface area contributed by atoms with Crippen LogP contribution in [-0.2, 0) is 22.2 Å². The predicted molar refractivity (Wildman–Crippen MR) is 69.6 cm³/mol. The van der Waals surface area contributed by atoms with Gasteiger partial charge in [-0.1, -0.05) is 25.1 Å². The molecule has 0 heterocycles. The Morgan fingerprint density at radius 1 is 1.33 bits per heavy atom. The van der Waals surface area contributed by atoms with E-state index in [1.54, 1.807) is 6.92 Å². The zero-order valence-electron chi connectivity index (χ0n) is 11.6. The summed E-state index contributed by atoms with van der Waals surface area (Å²) in [5.41, 5.74) is -0.636. The zero-order chi connectivity index (χ0) is 16.2. The fourth-order valence-electron chi connectivity index (χ4n) is 1.94. The van der Waals surface area contributed by atoms with Gasteiger partial charge in [-0.2, -0.15) is 13.2 Å². The van der Waals surface area contributed by atoms with E-state index in [9.17, 15) is 22.8 Å². The van der Waals surface area contributed by atoms with Crippen LogP contribution in [0.1, 0.15) is 24.5 Å². The fourth-order valence-corrected chi connectivity index (χ4v) is 1.94. The minimum atomic E-state index is -4.47. The average Bonchev–Trinajstić information content (AvgIpc) is 2.38. The number of alkyl halides is 3. The Labute approximate surface area is 120 Å². The summed E-state index contributed by atoms with van der Waals surface area (Å²) < 4.78 is 37.7. The molecule has 0 spiro atoms. The number of carboxylic acid groups (broad SMARTS) is 1. The smallest absolute Gasteiger partial charge is 0.416 e. The maximum atomic E-state index is 12.6. The Morgan fingerprint density at radius 2 is 1.95 bits per heavy atom. The summed E-state index contributed by atoms with van der Waals surface area (Å²) in [4.78, 5) is 24.0. The number of carboxylic acids is 1. The van der Waals surface area contributed by atoms with Gasteiger partial charge in [0.05, 0.1) is 12.0 Å². The van der Waals surface area contributed by atoms with Gasteiger partial charge in [0.25, 0.3) is 0 Å². The van der Waals surface area contributed by atoms with E-state index in [0.29, 0.717) is 0 Å². The van der Waals surface area contributed by atoms with Crippen molar-refractivity contribution in [2.24, 2.45) is 0 Å². The largest absolute Gasteiger partial charge is 0.480 e. The molecule has 21 heavy (non-hydrogen) atoms. The lowest BCUT2D eigenvalue weighted by molar-refractivity contribution is -0.148. The van der Waals surface area contributed by atoms with Crippen LogP contribution < -0.4 is 0 Å². The fraction of sp³-hybridized carbons (Fsp3) is 0.429. The second kappa shape index (κ2) is 6.60. The highest BCUT2D eigenvalue weighted by Gasteiger charge is 2.31. The molecule has 116 valence electrons. The Balaban J connectivity index is 2.86. The van der Waals surface area contributed by atoms with Gasteiger partial charge in [-0.15, -0.1) is 0 Å². The molecular weight excluding hydrogens is 287 g/mol. The first kappa shape index (κ1) is 17.0. The van der Waals surface area contributed by atoms with Crippen LogP contribution in [0.15, 0.2) is 24.3 Å². The molecule has 1 rings (SSSR count). The molecule has 4 nitrogen and oxygen atoms in total. The van der Waals surface area contributed by atoms with Crippen LogP contribution in [0.4, 0.5) is 13.2 Å². The van der Waals surface area contributed by atoms with Crippen LogP contribution in [-0.4, -0.2) is 35.0 Å². The summed E-state index contributed by atoms with van der Waals surface area (Å²) in [5.74, 6) is -1.68. The van der Waals surface area contributed by atoms with E-state index in [0.717, 1.165) is 17.0 Å². The highest BCUT2D eigenvalue weighted by atomic mass is 19.4. The van der Waals surface area contributed by atoms with E-state index < -0.39 is 29.7 Å². The normalized spacial score (nSPS) is 12.8. The first-order valence-corrected chi connectivity index (χ1v) is 6.31. The summed E-state index contributed by atoms with van der Waals surface area (Å²) >= 11 is 0. The van der Waals surface area contributed by atoms with Crippen LogP contribution in [0.5, 0.6) is 0 Å². The lowest BCUT2D eigenvalue weighted by atomic mass is 10.1. The monoisotopic (exact) mass is 303 g/mol. The predicted octanol–water partition coefficient (Wildman–Crippen LogP) is 2.57. The van der Waals surface area contributed by atoms with E-state index in [-0.39, 0.29) is 18.4 Å². The highest BCUT2D eigenvalue weighted by molar-refractivity contribution is 5.84. The second-order valence-electron chi connectivity index (χ2n) is 4.64. The van der Waals surface area contributed by atoms with E-state index in [4.69, 9.17) is 5.11 Å². The number of benzene rings is 1. The number of nitrogens with zero attached hydrogens (tertiary/aromatic N) is 1. The van der Waals surface area contributed by atoms with Gasteiger partial charge in [-0.3, -0.25) is 4.79 Å². The molecule has 0 aliphatic carbocycles. The van der Waals surface area contributed by atoms with Crippen LogP contribution >= 0.6 is 0 Å². The summed E-state index contributed by atoms with van der Waals surface area (Å²) in [6.07, 6.45) is -4.53. The number of hydrogen-bond acceptors (Lipinski definition) is 2. The van der Waals surface area contributed by atoms with E-state index in [1.807, 2.05) is 0 Å². The molecule has 0 aliphatic heterocycles. The van der Waals surface area contributed by atoms with Crippen molar-refractivity contribution < 1.29 is 27.9 Å². The molecule has 1 atom stereocenters. The second-order valence-corrected chi connectivity index (χ2v) is 4.64. The van der Waals surface area contributed by atoms with Gasteiger partial charge in [-0.05, 0) is 18.1 Å². The van der Waals surface area contributed by atoms with Gasteiger partial charge < -0.3 is 10.0 Å².